The topological polar surface area (TPSA) is 90.1 Å². The standard InChI is InChI=1S/C42H46N2O5/c1-27(2)49-28-20-21-34-33(26-28)41(3,4)35(43(34)24-22-37(45)46)18-8-7-9-19-36-42(5,6)39-31-16-12-10-14-29(31)30-15-11-13-17-32(30)40(39)44(36)25-23-38(47)48/h7-19,26-27H,20-25H2,1-6H3,(H-,45,46,47,48)/p+1. The van der Waals surface area contributed by atoms with E-state index in [1.165, 1.54) is 27.6 Å². The lowest BCUT2D eigenvalue weighted by Gasteiger charge is -2.28. The van der Waals surface area contributed by atoms with Crippen molar-refractivity contribution >= 4 is 44.9 Å². The molecule has 1 aliphatic carbocycles. The molecule has 3 aromatic carbocycles. The number of hydrogen-bond donors (Lipinski definition) is 2. The normalized spacial score (nSPS) is 19.2. The fourth-order valence-corrected chi connectivity index (χ4v) is 8.01. The second-order valence-corrected chi connectivity index (χ2v) is 14.5. The van der Waals surface area contributed by atoms with Gasteiger partial charge in [0.05, 0.1) is 29.1 Å². The van der Waals surface area contributed by atoms with Crippen LogP contribution in [0.5, 0.6) is 0 Å². The summed E-state index contributed by atoms with van der Waals surface area (Å²) in [6, 6.07) is 16.9. The number of hydrogen-bond acceptors (Lipinski definition) is 4. The zero-order valence-electron chi connectivity index (χ0n) is 29.4. The van der Waals surface area contributed by atoms with E-state index < -0.39 is 11.9 Å². The van der Waals surface area contributed by atoms with Crippen LogP contribution < -0.4 is 0 Å². The summed E-state index contributed by atoms with van der Waals surface area (Å²) in [5.41, 5.74) is 6.06. The van der Waals surface area contributed by atoms with Crippen LogP contribution in [0.25, 0.3) is 21.5 Å². The van der Waals surface area contributed by atoms with E-state index in [0.717, 1.165) is 46.5 Å². The van der Waals surface area contributed by atoms with Gasteiger partial charge in [0.2, 0.25) is 5.69 Å². The number of carboxylic acid groups (broad SMARTS) is 2. The average Bonchev–Trinajstić information content (AvgIpc) is 3.40. The number of carbonyl (C=O) groups is 2. The van der Waals surface area contributed by atoms with E-state index in [1.807, 2.05) is 32.1 Å². The average molecular weight is 660 g/mol. The van der Waals surface area contributed by atoms with Crippen molar-refractivity contribution in [2.75, 3.05) is 13.1 Å². The van der Waals surface area contributed by atoms with E-state index in [-0.39, 0.29) is 29.8 Å². The molecule has 6 rings (SSSR count). The Kier molecular flexibility index (Phi) is 9.14. The highest BCUT2D eigenvalue weighted by Gasteiger charge is 2.47. The van der Waals surface area contributed by atoms with E-state index >= 15 is 0 Å². The molecule has 0 spiro atoms. The lowest BCUT2D eigenvalue weighted by atomic mass is 9.78. The molecule has 0 unspecified atom stereocenters. The summed E-state index contributed by atoms with van der Waals surface area (Å²) in [6.07, 6.45) is 14.2. The van der Waals surface area contributed by atoms with Crippen LogP contribution in [-0.4, -0.2) is 56.5 Å². The van der Waals surface area contributed by atoms with E-state index in [0.29, 0.717) is 13.1 Å². The summed E-state index contributed by atoms with van der Waals surface area (Å²) in [5, 5.41) is 23.9. The highest BCUT2D eigenvalue weighted by Crippen LogP contribution is 2.52. The summed E-state index contributed by atoms with van der Waals surface area (Å²) in [7, 11) is 0. The maximum Gasteiger partial charge on any atom is 0.309 e. The van der Waals surface area contributed by atoms with Gasteiger partial charge in [-0.05, 0) is 74.1 Å². The zero-order valence-corrected chi connectivity index (χ0v) is 29.4. The number of carboxylic acids is 2. The minimum Gasteiger partial charge on any atom is -0.495 e. The molecule has 0 radical (unpaired) electrons. The van der Waals surface area contributed by atoms with Crippen molar-refractivity contribution in [1.29, 1.82) is 0 Å². The van der Waals surface area contributed by atoms with Crippen molar-refractivity contribution in [3.8, 4) is 0 Å². The van der Waals surface area contributed by atoms with E-state index in [9.17, 15) is 19.8 Å². The molecule has 0 saturated heterocycles. The maximum atomic E-state index is 11.8. The third-order valence-electron chi connectivity index (χ3n) is 10.1. The molecule has 0 saturated carbocycles. The monoisotopic (exact) mass is 659 g/mol. The predicted molar refractivity (Wildman–Crippen MR) is 196 cm³/mol. The molecule has 3 aromatic rings. The highest BCUT2D eigenvalue weighted by atomic mass is 16.5. The molecule has 7 nitrogen and oxygen atoms in total. The van der Waals surface area contributed by atoms with Gasteiger partial charge >= 0.3 is 11.9 Å². The van der Waals surface area contributed by atoms with Gasteiger partial charge in [0.15, 0.2) is 12.3 Å². The Morgan fingerprint density at radius 3 is 2.14 bits per heavy atom. The first kappa shape index (κ1) is 34.0. The summed E-state index contributed by atoms with van der Waals surface area (Å²) in [4.78, 5) is 25.6. The molecule has 7 heteroatoms. The highest BCUT2D eigenvalue weighted by molar-refractivity contribution is 6.18. The first-order chi connectivity index (χ1) is 23.3. The van der Waals surface area contributed by atoms with Crippen molar-refractivity contribution in [3.05, 3.63) is 113 Å². The SMILES string of the molecule is CC(C)OC1=CC2=C(CC1)N(CCC(=O)O)\C(=C/C=C/C=C/C1=[N+](CCC(=O)O)c3c(c4ccccc4c4ccccc34)C1(C)C)C2(C)C. The molecule has 2 aliphatic heterocycles. The van der Waals surface area contributed by atoms with Crippen LogP contribution in [0.4, 0.5) is 5.69 Å². The van der Waals surface area contributed by atoms with Crippen molar-refractivity contribution < 1.29 is 29.1 Å². The molecule has 0 atom stereocenters. The number of ether oxygens (including phenoxy) is 1. The van der Waals surface area contributed by atoms with Crippen LogP contribution >= 0.6 is 0 Å². The van der Waals surface area contributed by atoms with Crippen molar-refractivity contribution in [2.45, 2.75) is 78.7 Å². The zero-order chi connectivity index (χ0) is 35.1. The van der Waals surface area contributed by atoms with Crippen LogP contribution in [0.1, 0.15) is 72.8 Å². The van der Waals surface area contributed by atoms with Gasteiger partial charge in [-0.2, -0.15) is 4.58 Å². The summed E-state index contributed by atoms with van der Waals surface area (Å²) in [5.74, 6) is -0.665. The van der Waals surface area contributed by atoms with Crippen molar-refractivity contribution in [2.24, 2.45) is 5.41 Å². The quantitative estimate of drug-likeness (QED) is 0.121. The number of rotatable bonds is 11. The van der Waals surface area contributed by atoms with Gasteiger partial charge in [-0.25, -0.2) is 0 Å². The van der Waals surface area contributed by atoms with E-state index in [4.69, 9.17) is 4.74 Å². The van der Waals surface area contributed by atoms with Crippen LogP contribution in [0.3, 0.4) is 0 Å². The molecular formula is C42H47N2O5+. The smallest absolute Gasteiger partial charge is 0.309 e. The Morgan fingerprint density at radius 2 is 1.49 bits per heavy atom. The first-order valence-electron chi connectivity index (χ1n) is 17.3. The van der Waals surface area contributed by atoms with Gasteiger partial charge in [-0.1, -0.05) is 74.5 Å². The molecule has 254 valence electrons. The van der Waals surface area contributed by atoms with Crippen LogP contribution in [0, 0.1) is 5.41 Å². The minimum atomic E-state index is -0.827. The van der Waals surface area contributed by atoms with Gasteiger partial charge in [0, 0.05) is 41.4 Å². The molecule has 0 bridgehead atoms. The fraction of sp³-hybridized carbons (Fsp3) is 0.357. The number of aliphatic carboxylic acids is 2. The van der Waals surface area contributed by atoms with Crippen LogP contribution in [0.2, 0.25) is 0 Å². The molecule has 0 aromatic heterocycles. The Bertz CT molecular complexity index is 2040. The third kappa shape index (κ3) is 6.23. The number of benzene rings is 3. The Labute approximate surface area is 288 Å². The Balaban J connectivity index is 1.38. The minimum absolute atomic E-state index is 0.0211. The van der Waals surface area contributed by atoms with E-state index in [1.54, 1.807) is 0 Å². The fourth-order valence-electron chi connectivity index (χ4n) is 8.01. The van der Waals surface area contributed by atoms with Crippen LogP contribution in [-0.2, 0) is 19.7 Å². The van der Waals surface area contributed by atoms with Gasteiger partial charge in [-0.3, -0.25) is 9.59 Å². The molecule has 0 amide bonds. The summed E-state index contributed by atoms with van der Waals surface area (Å²) < 4.78 is 8.29. The first-order valence-corrected chi connectivity index (χ1v) is 17.3. The molecule has 49 heavy (non-hydrogen) atoms. The predicted octanol–water partition coefficient (Wildman–Crippen LogP) is 9.01. The summed E-state index contributed by atoms with van der Waals surface area (Å²) in [6.45, 7) is 13.7. The van der Waals surface area contributed by atoms with Gasteiger partial charge < -0.3 is 19.8 Å². The lowest BCUT2D eigenvalue weighted by molar-refractivity contribution is -0.435. The lowest BCUT2D eigenvalue weighted by Crippen LogP contribution is -2.28. The molecule has 2 heterocycles. The Morgan fingerprint density at radius 1 is 0.857 bits per heavy atom. The third-order valence-corrected chi connectivity index (χ3v) is 10.1. The largest absolute Gasteiger partial charge is 0.495 e. The molecule has 3 aliphatic rings. The van der Waals surface area contributed by atoms with Crippen molar-refractivity contribution in [1.82, 2.24) is 4.90 Å². The second-order valence-electron chi connectivity index (χ2n) is 14.5. The number of fused-ring (bicyclic) bond motifs is 6. The van der Waals surface area contributed by atoms with Crippen molar-refractivity contribution in [3.63, 3.8) is 0 Å². The van der Waals surface area contributed by atoms with E-state index in [2.05, 4.69) is 104 Å². The van der Waals surface area contributed by atoms with Gasteiger partial charge in [0.25, 0.3) is 0 Å². The second kappa shape index (κ2) is 13.2. The van der Waals surface area contributed by atoms with Crippen LogP contribution in [0.15, 0.2) is 108 Å². The molecule has 2 N–H and O–H groups in total. The number of nitrogens with zero attached hydrogens (tertiary/aromatic N) is 2. The Hall–Kier alpha value is -4.91. The number of allylic oxidation sites excluding steroid dienone is 9. The van der Waals surface area contributed by atoms with Gasteiger partial charge in [0.1, 0.15) is 6.42 Å². The molecule has 0 fully saturated rings. The summed E-state index contributed by atoms with van der Waals surface area (Å²) >= 11 is 0. The molecular weight excluding hydrogens is 612 g/mol. The van der Waals surface area contributed by atoms with Gasteiger partial charge in [-0.15, -0.1) is 0 Å². The maximum absolute atomic E-state index is 11.8.